The summed E-state index contributed by atoms with van der Waals surface area (Å²) < 4.78 is 0. The maximum absolute atomic E-state index is 12.5. The van der Waals surface area contributed by atoms with Crippen molar-refractivity contribution in [1.82, 2.24) is 5.32 Å². The summed E-state index contributed by atoms with van der Waals surface area (Å²) in [6, 6.07) is 8.43. The monoisotopic (exact) mass is 301 g/mol. The lowest BCUT2D eigenvalue weighted by Gasteiger charge is -2.27. The first kappa shape index (κ1) is 15.1. The summed E-state index contributed by atoms with van der Waals surface area (Å²) >= 11 is 0. The van der Waals surface area contributed by atoms with Crippen LogP contribution in [0.1, 0.15) is 44.2 Å². The molecule has 1 aromatic carbocycles. The molecule has 0 saturated heterocycles. The molecular formula is C18H23NO3. The zero-order valence-electron chi connectivity index (χ0n) is 13.2. The molecule has 2 aliphatic rings. The molecule has 0 aliphatic heterocycles. The number of benzene rings is 1. The van der Waals surface area contributed by atoms with Crippen molar-refractivity contribution in [2.75, 3.05) is 6.54 Å². The summed E-state index contributed by atoms with van der Waals surface area (Å²) in [5, 5.41) is 12.0. The lowest BCUT2D eigenvalue weighted by Crippen LogP contribution is -2.40. The average molecular weight is 301 g/mol. The number of rotatable bonds is 4. The summed E-state index contributed by atoms with van der Waals surface area (Å²) in [6.07, 6.45) is 4.17. The fraction of sp³-hybridized carbons (Fsp3) is 0.556. The first-order valence-electron chi connectivity index (χ1n) is 7.96. The summed E-state index contributed by atoms with van der Waals surface area (Å²) in [5.74, 6) is -0.883. The number of aryl methyl sites for hydroxylation is 1. The van der Waals surface area contributed by atoms with Gasteiger partial charge in [0.25, 0.3) is 0 Å². The van der Waals surface area contributed by atoms with Crippen LogP contribution in [0.5, 0.6) is 0 Å². The number of hydrogen-bond acceptors (Lipinski definition) is 2. The van der Waals surface area contributed by atoms with Gasteiger partial charge in [-0.25, -0.2) is 0 Å². The Morgan fingerprint density at radius 2 is 2.09 bits per heavy atom. The number of carbonyl (C=O) groups excluding carboxylic acids is 1. The molecule has 2 N–H and O–H groups in total. The number of aliphatic carboxylic acids is 1. The maximum atomic E-state index is 12.5. The maximum Gasteiger partial charge on any atom is 0.310 e. The molecule has 2 aliphatic carbocycles. The highest BCUT2D eigenvalue weighted by Gasteiger charge is 2.60. The van der Waals surface area contributed by atoms with E-state index in [2.05, 4.69) is 23.5 Å². The third-order valence-corrected chi connectivity index (χ3v) is 5.30. The van der Waals surface area contributed by atoms with Gasteiger partial charge in [-0.3, -0.25) is 9.59 Å². The molecule has 4 heteroatoms. The Hall–Kier alpha value is -1.84. The molecule has 0 aromatic heterocycles. The second-order valence-corrected chi connectivity index (χ2v) is 7.33. The van der Waals surface area contributed by atoms with Gasteiger partial charge >= 0.3 is 5.97 Å². The number of carbonyl (C=O) groups is 2. The smallest absolute Gasteiger partial charge is 0.310 e. The molecule has 0 heterocycles. The van der Waals surface area contributed by atoms with Gasteiger partial charge in [-0.15, -0.1) is 0 Å². The molecule has 22 heavy (non-hydrogen) atoms. The van der Waals surface area contributed by atoms with Crippen molar-refractivity contribution in [3.8, 4) is 0 Å². The second-order valence-electron chi connectivity index (χ2n) is 7.33. The summed E-state index contributed by atoms with van der Waals surface area (Å²) in [5.41, 5.74) is 1.78. The Balaban J connectivity index is 1.70. The summed E-state index contributed by atoms with van der Waals surface area (Å²) in [4.78, 5) is 23.6. The predicted molar refractivity (Wildman–Crippen MR) is 83.6 cm³/mol. The first-order valence-corrected chi connectivity index (χ1v) is 7.96. The van der Waals surface area contributed by atoms with E-state index in [0.29, 0.717) is 0 Å². The molecule has 1 spiro atoms. The molecule has 1 amide bonds. The topological polar surface area (TPSA) is 66.4 Å². The van der Waals surface area contributed by atoms with E-state index < -0.39 is 11.4 Å². The lowest BCUT2D eigenvalue weighted by atomic mass is 9.78. The average Bonchev–Trinajstić information content (AvgIpc) is 3.20. The van der Waals surface area contributed by atoms with Gasteiger partial charge < -0.3 is 10.4 Å². The van der Waals surface area contributed by atoms with E-state index in [0.717, 1.165) is 25.7 Å². The van der Waals surface area contributed by atoms with E-state index in [1.807, 2.05) is 6.07 Å². The fourth-order valence-electron chi connectivity index (χ4n) is 3.68. The Morgan fingerprint density at radius 1 is 1.36 bits per heavy atom. The van der Waals surface area contributed by atoms with Crippen molar-refractivity contribution in [2.24, 2.45) is 11.3 Å². The molecule has 3 rings (SSSR count). The van der Waals surface area contributed by atoms with Gasteiger partial charge in [-0.1, -0.05) is 24.3 Å². The highest BCUT2D eigenvalue weighted by atomic mass is 16.4. The van der Waals surface area contributed by atoms with Crippen molar-refractivity contribution in [3.63, 3.8) is 0 Å². The van der Waals surface area contributed by atoms with Crippen LogP contribution in [0.3, 0.4) is 0 Å². The quantitative estimate of drug-likeness (QED) is 0.898. The molecule has 0 radical (unpaired) electrons. The molecule has 118 valence electrons. The predicted octanol–water partition coefficient (Wildman–Crippen LogP) is 2.51. The first-order chi connectivity index (χ1) is 10.4. The van der Waals surface area contributed by atoms with Gasteiger partial charge in [0.2, 0.25) is 5.91 Å². The molecule has 1 fully saturated rings. The highest BCUT2D eigenvalue weighted by Crippen LogP contribution is 2.60. The van der Waals surface area contributed by atoms with Crippen LogP contribution in [-0.2, 0) is 21.4 Å². The minimum atomic E-state index is -0.928. The Labute approximate surface area is 130 Å². The normalized spacial score (nSPS) is 26.4. The van der Waals surface area contributed by atoms with Crippen LogP contribution < -0.4 is 5.32 Å². The number of carboxylic acids is 1. The fourth-order valence-corrected chi connectivity index (χ4v) is 3.68. The van der Waals surface area contributed by atoms with E-state index in [1.165, 1.54) is 11.1 Å². The standard InChI is InChI=1S/C18H23NO3/c1-17(2,16(21)22)11-19-15(20)14-10-18(14)9-5-7-12-6-3-4-8-13(12)18/h3-4,6,8,14H,5,7,9-11H2,1-2H3,(H,19,20)(H,21,22). The van der Waals surface area contributed by atoms with Crippen LogP contribution >= 0.6 is 0 Å². The van der Waals surface area contributed by atoms with Gasteiger partial charge in [-0.2, -0.15) is 0 Å². The largest absolute Gasteiger partial charge is 0.481 e. The van der Waals surface area contributed by atoms with Gasteiger partial charge in [0, 0.05) is 17.9 Å². The van der Waals surface area contributed by atoms with E-state index in [4.69, 9.17) is 5.11 Å². The van der Waals surface area contributed by atoms with E-state index in [1.54, 1.807) is 13.8 Å². The Morgan fingerprint density at radius 3 is 2.82 bits per heavy atom. The number of nitrogens with one attached hydrogen (secondary N) is 1. The number of carboxylic acid groups (broad SMARTS) is 1. The van der Waals surface area contributed by atoms with Gasteiger partial charge in [0.1, 0.15) is 0 Å². The van der Waals surface area contributed by atoms with Crippen molar-refractivity contribution in [1.29, 1.82) is 0 Å². The number of amides is 1. The molecule has 2 atom stereocenters. The summed E-state index contributed by atoms with van der Waals surface area (Å²) in [6.45, 7) is 3.44. The molecule has 0 bridgehead atoms. The van der Waals surface area contributed by atoms with Crippen molar-refractivity contribution in [2.45, 2.75) is 44.9 Å². The van der Waals surface area contributed by atoms with Gasteiger partial charge in [0.15, 0.2) is 0 Å². The lowest BCUT2D eigenvalue weighted by molar-refractivity contribution is -0.146. The zero-order chi connectivity index (χ0) is 16.0. The van der Waals surface area contributed by atoms with Crippen LogP contribution in [0, 0.1) is 11.3 Å². The molecular weight excluding hydrogens is 278 g/mol. The van der Waals surface area contributed by atoms with Crippen LogP contribution in [-0.4, -0.2) is 23.5 Å². The van der Waals surface area contributed by atoms with Crippen molar-refractivity contribution >= 4 is 11.9 Å². The van der Waals surface area contributed by atoms with Crippen LogP contribution in [0.25, 0.3) is 0 Å². The van der Waals surface area contributed by atoms with Crippen LogP contribution in [0.2, 0.25) is 0 Å². The highest BCUT2D eigenvalue weighted by molar-refractivity contribution is 5.85. The molecule has 4 nitrogen and oxygen atoms in total. The van der Waals surface area contributed by atoms with Gasteiger partial charge in [-0.05, 0) is 50.7 Å². The minimum Gasteiger partial charge on any atom is -0.481 e. The minimum absolute atomic E-state index is 0.00135. The van der Waals surface area contributed by atoms with Crippen molar-refractivity contribution < 1.29 is 14.7 Å². The Kier molecular flexibility index (Phi) is 3.50. The summed E-state index contributed by atoms with van der Waals surface area (Å²) in [7, 11) is 0. The molecule has 2 unspecified atom stereocenters. The number of fused-ring (bicyclic) bond motifs is 2. The zero-order valence-corrected chi connectivity index (χ0v) is 13.2. The SMILES string of the molecule is CC(C)(CNC(=O)C1CC12CCCc1ccccc12)C(=O)O. The van der Waals surface area contributed by atoms with Crippen LogP contribution in [0.15, 0.2) is 24.3 Å². The van der Waals surface area contributed by atoms with E-state index in [-0.39, 0.29) is 23.8 Å². The van der Waals surface area contributed by atoms with E-state index in [9.17, 15) is 9.59 Å². The van der Waals surface area contributed by atoms with Gasteiger partial charge in [0.05, 0.1) is 5.41 Å². The Bertz CT molecular complexity index is 623. The number of hydrogen-bond donors (Lipinski definition) is 2. The van der Waals surface area contributed by atoms with Crippen LogP contribution in [0.4, 0.5) is 0 Å². The van der Waals surface area contributed by atoms with E-state index >= 15 is 0 Å². The molecule has 1 saturated carbocycles. The van der Waals surface area contributed by atoms with Crippen molar-refractivity contribution in [3.05, 3.63) is 35.4 Å². The third kappa shape index (κ3) is 2.40. The second kappa shape index (κ2) is 5.11. The third-order valence-electron chi connectivity index (χ3n) is 5.30. The molecule has 1 aromatic rings.